The van der Waals surface area contributed by atoms with Crippen molar-refractivity contribution in [1.29, 1.82) is 0 Å². The van der Waals surface area contributed by atoms with Gasteiger partial charge in [-0.25, -0.2) is 4.98 Å². The molecular formula is C24H33ClN4O. The summed E-state index contributed by atoms with van der Waals surface area (Å²) in [5.41, 5.74) is 1.96. The maximum Gasteiger partial charge on any atom is 0.230 e. The highest BCUT2D eigenvalue weighted by atomic mass is 35.5. The van der Waals surface area contributed by atoms with Gasteiger partial charge in [-0.3, -0.25) is 9.69 Å². The molecule has 0 radical (unpaired) electrons. The Bertz CT molecular complexity index is 843. The Morgan fingerprint density at radius 2 is 2.13 bits per heavy atom. The monoisotopic (exact) mass is 428 g/mol. The molecule has 2 heterocycles. The summed E-state index contributed by atoms with van der Waals surface area (Å²) in [5.74, 6) is 1.78. The van der Waals surface area contributed by atoms with Gasteiger partial charge in [0.1, 0.15) is 5.82 Å². The average Bonchev–Trinajstić information content (AvgIpc) is 3.45. The molecule has 6 heteroatoms. The lowest BCUT2D eigenvalue weighted by Gasteiger charge is -2.32. The molecule has 2 aliphatic rings. The Kier molecular flexibility index (Phi) is 6.79. The maximum absolute atomic E-state index is 12.9. The van der Waals surface area contributed by atoms with Gasteiger partial charge in [-0.1, -0.05) is 37.1 Å². The van der Waals surface area contributed by atoms with Gasteiger partial charge in [-0.05, 0) is 62.3 Å². The maximum atomic E-state index is 12.9. The van der Waals surface area contributed by atoms with Gasteiger partial charge < -0.3 is 10.3 Å². The molecule has 0 bridgehead atoms. The quantitative estimate of drug-likeness (QED) is 0.619. The van der Waals surface area contributed by atoms with E-state index in [-0.39, 0.29) is 11.3 Å². The number of imidazole rings is 1. The predicted octanol–water partition coefficient (Wildman–Crippen LogP) is 4.47. The number of aromatic nitrogens is 2. The lowest BCUT2D eigenvalue weighted by atomic mass is 9.93. The second-order valence-electron chi connectivity index (χ2n) is 9.00. The van der Waals surface area contributed by atoms with Crippen molar-refractivity contribution in [1.82, 2.24) is 20.2 Å². The number of rotatable bonds is 9. The number of unbranched alkanes of at least 4 members (excludes halogenated alkanes) is 1. The number of aromatic amines is 1. The largest absolute Gasteiger partial charge is 0.355 e. The van der Waals surface area contributed by atoms with Crippen molar-refractivity contribution < 1.29 is 4.79 Å². The fourth-order valence-electron chi connectivity index (χ4n) is 4.61. The highest BCUT2D eigenvalue weighted by Crippen LogP contribution is 2.48. The molecule has 4 rings (SSSR count). The van der Waals surface area contributed by atoms with Crippen LogP contribution in [0.4, 0.5) is 0 Å². The van der Waals surface area contributed by atoms with E-state index in [9.17, 15) is 4.79 Å². The van der Waals surface area contributed by atoms with Gasteiger partial charge in [0.05, 0.1) is 5.41 Å². The zero-order valence-electron chi connectivity index (χ0n) is 17.9. The zero-order chi connectivity index (χ0) is 21.0. The Balaban J connectivity index is 1.26. The number of amides is 1. The first-order chi connectivity index (χ1) is 14.6. The molecule has 5 nitrogen and oxygen atoms in total. The first-order valence-corrected chi connectivity index (χ1v) is 11.8. The van der Waals surface area contributed by atoms with Crippen LogP contribution in [-0.2, 0) is 23.2 Å². The predicted molar refractivity (Wildman–Crippen MR) is 121 cm³/mol. The molecule has 1 unspecified atom stereocenters. The number of nitrogens with zero attached hydrogens (tertiary/aromatic N) is 2. The second kappa shape index (κ2) is 9.52. The number of benzene rings is 1. The lowest BCUT2D eigenvalue weighted by molar-refractivity contribution is -0.123. The molecule has 1 aliphatic carbocycles. The molecule has 1 saturated carbocycles. The number of aryl methyl sites for hydroxylation is 1. The van der Waals surface area contributed by atoms with Crippen LogP contribution >= 0.6 is 11.6 Å². The fraction of sp³-hybridized carbons (Fsp3) is 0.583. The van der Waals surface area contributed by atoms with E-state index in [2.05, 4.69) is 27.1 Å². The summed E-state index contributed by atoms with van der Waals surface area (Å²) in [5, 5.41) is 3.98. The van der Waals surface area contributed by atoms with E-state index in [1.807, 2.05) is 30.5 Å². The number of carbonyl (C=O) groups excluding carboxylic acids is 1. The van der Waals surface area contributed by atoms with E-state index in [4.69, 9.17) is 11.6 Å². The van der Waals surface area contributed by atoms with E-state index < -0.39 is 0 Å². The molecule has 1 aliphatic heterocycles. The van der Waals surface area contributed by atoms with Crippen LogP contribution in [0.25, 0.3) is 0 Å². The number of halogens is 1. The molecule has 2 fully saturated rings. The fourth-order valence-corrected chi connectivity index (χ4v) is 4.73. The number of piperidine rings is 1. The zero-order valence-corrected chi connectivity index (χ0v) is 18.7. The summed E-state index contributed by atoms with van der Waals surface area (Å²) in [6, 6.07) is 7.76. The third-order valence-corrected chi connectivity index (χ3v) is 6.83. The number of likely N-dealkylation sites (tertiary alicyclic amines) is 1. The van der Waals surface area contributed by atoms with Gasteiger partial charge in [0.15, 0.2) is 0 Å². The third kappa shape index (κ3) is 5.06. The number of nitrogens with one attached hydrogen (secondary N) is 2. The van der Waals surface area contributed by atoms with Crippen molar-refractivity contribution in [2.75, 3.05) is 19.6 Å². The topological polar surface area (TPSA) is 61.0 Å². The molecule has 1 amide bonds. The highest BCUT2D eigenvalue weighted by molar-refractivity contribution is 6.30. The number of hydrogen-bond donors (Lipinski definition) is 2. The summed E-state index contributed by atoms with van der Waals surface area (Å²) in [6.45, 7) is 6.02. The van der Waals surface area contributed by atoms with Gasteiger partial charge in [-0.2, -0.15) is 0 Å². The number of carbonyl (C=O) groups is 1. The summed E-state index contributed by atoms with van der Waals surface area (Å²) >= 11 is 6.01. The summed E-state index contributed by atoms with van der Waals surface area (Å²) < 4.78 is 0. The Labute approximate surface area is 184 Å². The van der Waals surface area contributed by atoms with E-state index in [1.54, 1.807) is 0 Å². The third-order valence-electron chi connectivity index (χ3n) is 6.58. The van der Waals surface area contributed by atoms with Gasteiger partial charge in [0, 0.05) is 43.0 Å². The van der Waals surface area contributed by atoms with E-state index in [0.717, 1.165) is 56.8 Å². The van der Waals surface area contributed by atoms with E-state index in [1.165, 1.54) is 31.4 Å². The van der Waals surface area contributed by atoms with Crippen molar-refractivity contribution >= 4 is 17.5 Å². The van der Waals surface area contributed by atoms with Crippen LogP contribution in [-0.4, -0.2) is 40.4 Å². The summed E-state index contributed by atoms with van der Waals surface area (Å²) in [4.78, 5) is 23.4. The van der Waals surface area contributed by atoms with Crippen molar-refractivity contribution in [3.05, 3.63) is 52.6 Å². The molecule has 1 atom stereocenters. The van der Waals surface area contributed by atoms with E-state index >= 15 is 0 Å². The van der Waals surface area contributed by atoms with Crippen molar-refractivity contribution in [2.45, 2.75) is 63.8 Å². The van der Waals surface area contributed by atoms with Crippen LogP contribution in [0.15, 0.2) is 30.5 Å². The molecule has 1 aromatic heterocycles. The molecule has 0 spiro atoms. The van der Waals surface area contributed by atoms with Gasteiger partial charge in [0.25, 0.3) is 0 Å². The normalized spacial score (nSPS) is 20.8. The van der Waals surface area contributed by atoms with Crippen LogP contribution in [0.1, 0.15) is 62.5 Å². The van der Waals surface area contributed by atoms with Crippen molar-refractivity contribution in [3.63, 3.8) is 0 Å². The van der Waals surface area contributed by atoms with Crippen LogP contribution in [0.2, 0.25) is 5.02 Å². The lowest BCUT2D eigenvalue weighted by Crippen LogP contribution is -2.43. The van der Waals surface area contributed by atoms with Crippen molar-refractivity contribution in [2.24, 2.45) is 5.92 Å². The van der Waals surface area contributed by atoms with Gasteiger partial charge >= 0.3 is 0 Å². The second-order valence-corrected chi connectivity index (χ2v) is 9.44. The molecule has 1 aromatic carbocycles. The SMILES string of the molecule is CCCCc1ncc(CN2CCCC(CNC(=O)C3(c4ccc(Cl)cc4)CC3)C2)[nH]1. The Morgan fingerprint density at radius 1 is 1.33 bits per heavy atom. The molecule has 162 valence electrons. The average molecular weight is 429 g/mol. The molecular weight excluding hydrogens is 396 g/mol. The van der Waals surface area contributed by atoms with Crippen LogP contribution in [0, 0.1) is 5.92 Å². The minimum absolute atomic E-state index is 0.177. The Morgan fingerprint density at radius 3 is 2.87 bits per heavy atom. The molecule has 2 N–H and O–H groups in total. The summed E-state index contributed by atoms with van der Waals surface area (Å²) in [7, 11) is 0. The molecule has 30 heavy (non-hydrogen) atoms. The highest BCUT2D eigenvalue weighted by Gasteiger charge is 2.51. The number of H-pyrrole nitrogens is 1. The molecule has 1 saturated heterocycles. The van der Waals surface area contributed by atoms with Crippen LogP contribution < -0.4 is 5.32 Å². The van der Waals surface area contributed by atoms with Gasteiger partial charge in [0.2, 0.25) is 5.91 Å². The standard InChI is InChI=1S/C24H33ClN4O/c1-2-3-6-22-26-15-21(28-22)17-29-13-4-5-18(16-29)14-27-23(30)24(11-12-24)19-7-9-20(25)10-8-19/h7-10,15,18H,2-6,11-14,16-17H2,1H3,(H,26,28)(H,27,30). The number of hydrogen-bond acceptors (Lipinski definition) is 3. The first-order valence-electron chi connectivity index (χ1n) is 11.4. The van der Waals surface area contributed by atoms with Crippen LogP contribution in [0.5, 0.6) is 0 Å². The van der Waals surface area contributed by atoms with Gasteiger partial charge in [-0.15, -0.1) is 0 Å². The van der Waals surface area contributed by atoms with E-state index in [0.29, 0.717) is 10.9 Å². The first kappa shape index (κ1) is 21.4. The molecule has 2 aromatic rings. The summed E-state index contributed by atoms with van der Waals surface area (Å²) in [6.07, 6.45) is 9.59. The van der Waals surface area contributed by atoms with Crippen LogP contribution in [0.3, 0.4) is 0 Å². The minimum Gasteiger partial charge on any atom is -0.355 e. The van der Waals surface area contributed by atoms with Crippen molar-refractivity contribution in [3.8, 4) is 0 Å². The smallest absolute Gasteiger partial charge is 0.230 e. The minimum atomic E-state index is -0.330. The Hall–Kier alpha value is -1.85.